The summed E-state index contributed by atoms with van der Waals surface area (Å²) in [4.78, 5) is 25.9. The summed E-state index contributed by atoms with van der Waals surface area (Å²) in [6.45, 7) is 5.66. The van der Waals surface area contributed by atoms with Crippen molar-refractivity contribution in [1.82, 2.24) is 8.61 Å². The zero-order valence-corrected chi connectivity index (χ0v) is 17.7. The van der Waals surface area contributed by atoms with Crippen LogP contribution >= 0.6 is 0 Å². The third-order valence-electron chi connectivity index (χ3n) is 3.04. The van der Waals surface area contributed by atoms with Gasteiger partial charge in [-0.25, -0.2) is 0 Å². The zero-order valence-electron chi connectivity index (χ0n) is 13.6. The molecule has 0 aliphatic heterocycles. The van der Waals surface area contributed by atoms with Gasteiger partial charge in [0.05, 0.1) is 12.5 Å². The summed E-state index contributed by atoms with van der Waals surface area (Å²) >= 11 is 10.4. The second kappa shape index (κ2) is 12.8. The van der Waals surface area contributed by atoms with E-state index < -0.39 is 15.7 Å². The van der Waals surface area contributed by atoms with Crippen LogP contribution in [0.3, 0.4) is 0 Å². The summed E-state index contributed by atoms with van der Waals surface area (Å²) < 4.78 is 1.90. The highest BCUT2D eigenvalue weighted by molar-refractivity contribution is 8.50. The quantitative estimate of drug-likeness (QED) is 0.490. The number of unbranched alkanes of at least 4 members (excludes halogenated alkanes) is 1. The first-order valence-corrected chi connectivity index (χ1v) is 13.6. The van der Waals surface area contributed by atoms with E-state index in [0.717, 1.165) is 38.6 Å². The maximum atomic E-state index is 12.5. The van der Waals surface area contributed by atoms with Crippen molar-refractivity contribution >= 4 is 62.7 Å². The molecule has 0 rings (SSSR count). The van der Waals surface area contributed by atoms with Crippen molar-refractivity contribution in [2.24, 2.45) is 0 Å². The van der Waals surface area contributed by atoms with Gasteiger partial charge in [-0.15, -0.1) is 0 Å². The first-order chi connectivity index (χ1) is 10.4. The van der Waals surface area contributed by atoms with E-state index in [1.807, 2.05) is 21.1 Å². The third kappa shape index (κ3) is 7.83. The SMILES string of the molecule is CCCCN(CCC)C(=O)CC(C=O)N(S(C)=S)S(C)=S=S. The van der Waals surface area contributed by atoms with Crippen LogP contribution in [-0.2, 0) is 60.1 Å². The van der Waals surface area contributed by atoms with Crippen LogP contribution in [0.1, 0.15) is 39.5 Å². The molecule has 1 amide bonds. The van der Waals surface area contributed by atoms with Crippen molar-refractivity contribution in [3.05, 3.63) is 0 Å². The van der Waals surface area contributed by atoms with Crippen LogP contribution in [0.15, 0.2) is 0 Å². The fourth-order valence-corrected chi connectivity index (χ4v) is 8.32. The van der Waals surface area contributed by atoms with Crippen molar-refractivity contribution in [2.75, 3.05) is 25.6 Å². The molecule has 0 aromatic carbocycles. The van der Waals surface area contributed by atoms with E-state index in [-0.39, 0.29) is 22.0 Å². The van der Waals surface area contributed by atoms with Gasteiger partial charge in [0.1, 0.15) is 6.29 Å². The van der Waals surface area contributed by atoms with E-state index in [1.165, 1.54) is 8.88 Å². The predicted octanol–water partition coefficient (Wildman–Crippen LogP) is 1.53. The van der Waals surface area contributed by atoms with Crippen LogP contribution in [-0.4, -0.2) is 52.4 Å². The number of amides is 1. The van der Waals surface area contributed by atoms with Gasteiger partial charge in [0.2, 0.25) is 5.91 Å². The molecular formula is C13H26N2O2S5. The summed E-state index contributed by atoms with van der Waals surface area (Å²) in [6, 6.07) is -0.483. The molecule has 0 aromatic rings. The second-order valence-corrected chi connectivity index (χ2v) is 12.2. The number of nitrogens with zero attached hydrogens (tertiary/aromatic N) is 2. The second-order valence-electron chi connectivity index (χ2n) is 4.84. The Balaban J connectivity index is 5.09. The van der Waals surface area contributed by atoms with Crippen LogP contribution in [0.5, 0.6) is 0 Å². The Labute approximate surface area is 151 Å². The monoisotopic (exact) mass is 402 g/mol. The fraction of sp³-hybridized carbons (Fsp3) is 0.846. The molecule has 0 heterocycles. The van der Waals surface area contributed by atoms with Gasteiger partial charge in [0.25, 0.3) is 0 Å². The topological polar surface area (TPSA) is 40.6 Å². The highest BCUT2D eigenvalue weighted by atomic mass is 33.1. The highest BCUT2D eigenvalue weighted by Crippen LogP contribution is 2.11. The average molecular weight is 403 g/mol. The van der Waals surface area contributed by atoms with Gasteiger partial charge in [-0.1, -0.05) is 20.3 Å². The van der Waals surface area contributed by atoms with Gasteiger partial charge in [-0.05, 0) is 63.4 Å². The largest absolute Gasteiger partial charge is 0.343 e. The lowest BCUT2D eigenvalue weighted by Gasteiger charge is -2.29. The number of rotatable bonds is 11. The molecule has 0 fully saturated rings. The molecule has 22 heavy (non-hydrogen) atoms. The normalized spacial score (nSPS) is 15.1. The predicted molar refractivity (Wildman–Crippen MR) is 107 cm³/mol. The van der Waals surface area contributed by atoms with E-state index in [4.69, 9.17) is 22.4 Å². The maximum Gasteiger partial charge on any atom is 0.224 e. The molecule has 130 valence electrons. The summed E-state index contributed by atoms with van der Waals surface area (Å²) in [5.74, 6) is 0.0317. The summed E-state index contributed by atoms with van der Waals surface area (Å²) in [5, 5.41) is 0. The summed E-state index contributed by atoms with van der Waals surface area (Å²) in [5.41, 5.74) is 0. The van der Waals surface area contributed by atoms with Gasteiger partial charge in [-0.2, -0.15) is 3.71 Å². The molecule has 3 unspecified atom stereocenters. The minimum absolute atomic E-state index is 0.0317. The molecule has 0 spiro atoms. The fourth-order valence-electron chi connectivity index (χ4n) is 2.02. The van der Waals surface area contributed by atoms with Gasteiger partial charge in [-0.3, -0.25) is 4.79 Å². The first-order valence-electron chi connectivity index (χ1n) is 7.25. The molecule has 0 aromatic heterocycles. The van der Waals surface area contributed by atoms with Crippen molar-refractivity contribution in [3.8, 4) is 0 Å². The molecule has 0 radical (unpaired) electrons. The summed E-state index contributed by atoms with van der Waals surface area (Å²) in [7, 11) is 0.403. The Morgan fingerprint density at radius 2 is 1.91 bits per heavy atom. The Bertz CT molecular complexity index is 452. The van der Waals surface area contributed by atoms with E-state index in [2.05, 4.69) is 13.8 Å². The van der Waals surface area contributed by atoms with Gasteiger partial charge < -0.3 is 9.69 Å². The Morgan fingerprint density at radius 1 is 1.27 bits per heavy atom. The Morgan fingerprint density at radius 3 is 2.32 bits per heavy atom. The van der Waals surface area contributed by atoms with Crippen molar-refractivity contribution in [1.29, 1.82) is 0 Å². The number of hydrogen-bond donors (Lipinski definition) is 0. The molecule has 0 saturated carbocycles. The molecule has 0 aliphatic rings. The number of carbonyl (C=O) groups is 2. The number of carbonyl (C=O) groups excluding carboxylic acids is 2. The Hall–Kier alpha value is 0.460. The lowest BCUT2D eigenvalue weighted by atomic mass is 10.2. The smallest absolute Gasteiger partial charge is 0.224 e. The van der Waals surface area contributed by atoms with Crippen LogP contribution in [0.25, 0.3) is 0 Å². The minimum Gasteiger partial charge on any atom is -0.343 e. The van der Waals surface area contributed by atoms with Gasteiger partial charge >= 0.3 is 0 Å². The van der Waals surface area contributed by atoms with Crippen molar-refractivity contribution in [3.63, 3.8) is 0 Å². The van der Waals surface area contributed by atoms with Gasteiger partial charge in [0.15, 0.2) is 0 Å². The summed E-state index contributed by atoms with van der Waals surface area (Å²) in [6.07, 6.45) is 7.82. The molecule has 0 N–H and O–H groups in total. The standard InChI is InChI=1S/C13H26N2O2S5/c1-5-7-9-14(8-6-2)13(17)10-12(11-16)15(21(3)19)22(4)20-18/h11-12H,5-10H2,1-4H3. The molecule has 9 heteroatoms. The first kappa shape index (κ1) is 22.5. The maximum absolute atomic E-state index is 12.5. The molecule has 3 atom stereocenters. The van der Waals surface area contributed by atoms with Crippen LogP contribution in [0.4, 0.5) is 0 Å². The molecule has 0 bridgehead atoms. The molecular weight excluding hydrogens is 376 g/mol. The van der Waals surface area contributed by atoms with Crippen LogP contribution in [0.2, 0.25) is 0 Å². The van der Waals surface area contributed by atoms with E-state index in [1.54, 1.807) is 0 Å². The number of aldehydes is 1. The average Bonchev–Trinajstić information content (AvgIpc) is 2.49. The molecule has 4 nitrogen and oxygen atoms in total. The van der Waals surface area contributed by atoms with Crippen LogP contribution < -0.4 is 0 Å². The lowest BCUT2D eigenvalue weighted by Crippen LogP contribution is -2.43. The van der Waals surface area contributed by atoms with E-state index >= 15 is 0 Å². The minimum atomic E-state index is -0.512. The van der Waals surface area contributed by atoms with Crippen molar-refractivity contribution < 1.29 is 9.59 Å². The molecule has 0 saturated heterocycles. The Kier molecular flexibility index (Phi) is 13.1. The zero-order chi connectivity index (χ0) is 17.1. The van der Waals surface area contributed by atoms with Crippen molar-refractivity contribution in [2.45, 2.75) is 45.6 Å². The van der Waals surface area contributed by atoms with Crippen LogP contribution in [0, 0.1) is 0 Å². The third-order valence-corrected chi connectivity index (χ3v) is 10.0. The highest BCUT2D eigenvalue weighted by Gasteiger charge is 2.26. The van der Waals surface area contributed by atoms with E-state index in [0.29, 0.717) is 0 Å². The molecule has 0 aliphatic carbocycles. The lowest BCUT2D eigenvalue weighted by molar-refractivity contribution is -0.133. The number of hydrogen-bond acceptors (Lipinski definition) is 4. The van der Waals surface area contributed by atoms with Gasteiger partial charge in [0, 0.05) is 25.6 Å². The van der Waals surface area contributed by atoms with E-state index in [9.17, 15) is 9.59 Å².